The summed E-state index contributed by atoms with van der Waals surface area (Å²) in [6.45, 7) is 5.88. The highest BCUT2D eigenvalue weighted by atomic mass is 16.5. The van der Waals surface area contributed by atoms with Crippen LogP contribution in [-0.2, 0) is 16.1 Å². The van der Waals surface area contributed by atoms with E-state index in [1.165, 1.54) is 5.56 Å². The van der Waals surface area contributed by atoms with Gasteiger partial charge in [0, 0.05) is 26.7 Å². The van der Waals surface area contributed by atoms with Gasteiger partial charge in [0.1, 0.15) is 5.75 Å². The molecule has 0 bridgehead atoms. The molecule has 0 spiro atoms. The Morgan fingerprint density at radius 3 is 2.70 bits per heavy atom. The molecule has 1 fully saturated rings. The van der Waals surface area contributed by atoms with Crippen molar-refractivity contribution >= 4 is 5.91 Å². The van der Waals surface area contributed by atoms with Crippen molar-refractivity contribution in [1.82, 2.24) is 10.2 Å². The summed E-state index contributed by atoms with van der Waals surface area (Å²) in [6, 6.07) is 8.14. The van der Waals surface area contributed by atoms with E-state index in [1.54, 1.807) is 14.2 Å². The summed E-state index contributed by atoms with van der Waals surface area (Å²) in [5.74, 6) is 1.00. The Kier molecular flexibility index (Phi) is 6.42. The number of likely N-dealkylation sites (tertiary alicyclic amines) is 1. The van der Waals surface area contributed by atoms with Crippen molar-refractivity contribution in [2.75, 3.05) is 40.5 Å². The predicted octanol–water partition coefficient (Wildman–Crippen LogP) is 2.06. The van der Waals surface area contributed by atoms with E-state index in [9.17, 15) is 4.79 Å². The average molecular weight is 320 g/mol. The Hall–Kier alpha value is -1.59. The first-order valence-electron chi connectivity index (χ1n) is 8.20. The highest BCUT2D eigenvalue weighted by Crippen LogP contribution is 2.30. The Morgan fingerprint density at radius 2 is 2.04 bits per heavy atom. The highest BCUT2D eigenvalue weighted by molar-refractivity contribution is 5.82. The maximum absolute atomic E-state index is 12.5. The van der Waals surface area contributed by atoms with Gasteiger partial charge in [-0.3, -0.25) is 9.69 Å². The summed E-state index contributed by atoms with van der Waals surface area (Å²) < 4.78 is 10.2. The zero-order valence-corrected chi connectivity index (χ0v) is 14.4. The molecule has 0 saturated carbocycles. The number of carbonyl (C=O) groups is 1. The first-order valence-corrected chi connectivity index (χ1v) is 8.20. The molecule has 5 heteroatoms. The van der Waals surface area contributed by atoms with Crippen LogP contribution in [0.1, 0.15) is 25.3 Å². The van der Waals surface area contributed by atoms with Gasteiger partial charge in [-0.15, -0.1) is 0 Å². The summed E-state index contributed by atoms with van der Waals surface area (Å²) in [5.41, 5.74) is 0.924. The van der Waals surface area contributed by atoms with Crippen molar-refractivity contribution in [2.24, 2.45) is 5.41 Å². The minimum absolute atomic E-state index is 0.133. The SMILES string of the molecule is COCCNC(=O)C1(C)CCCN(Cc2ccc(OC)cc2)C1. The van der Waals surface area contributed by atoms with Gasteiger partial charge in [0.25, 0.3) is 0 Å². The number of hydrogen-bond acceptors (Lipinski definition) is 4. The van der Waals surface area contributed by atoms with E-state index in [0.717, 1.165) is 38.2 Å². The van der Waals surface area contributed by atoms with Gasteiger partial charge in [-0.1, -0.05) is 12.1 Å². The van der Waals surface area contributed by atoms with Crippen molar-refractivity contribution in [2.45, 2.75) is 26.3 Å². The van der Waals surface area contributed by atoms with Gasteiger partial charge < -0.3 is 14.8 Å². The molecule has 1 saturated heterocycles. The molecule has 1 amide bonds. The van der Waals surface area contributed by atoms with Crippen LogP contribution in [0.15, 0.2) is 24.3 Å². The Bertz CT molecular complexity index is 503. The van der Waals surface area contributed by atoms with Crippen LogP contribution in [0.2, 0.25) is 0 Å². The van der Waals surface area contributed by atoms with E-state index in [4.69, 9.17) is 9.47 Å². The average Bonchev–Trinajstić information content (AvgIpc) is 2.56. The van der Waals surface area contributed by atoms with Crippen LogP contribution in [-0.4, -0.2) is 51.3 Å². The number of benzene rings is 1. The van der Waals surface area contributed by atoms with Crippen LogP contribution in [0.25, 0.3) is 0 Å². The molecule has 0 aliphatic carbocycles. The van der Waals surface area contributed by atoms with Crippen LogP contribution >= 0.6 is 0 Å². The number of piperidine rings is 1. The van der Waals surface area contributed by atoms with Crippen molar-refractivity contribution in [1.29, 1.82) is 0 Å². The van der Waals surface area contributed by atoms with Crippen LogP contribution in [0.3, 0.4) is 0 Å². The predicted molar refractivity (Wildman–Crippen MR) is 90.5 cm³/mol. The van der Waals surface area contributed by atoms with Crippen molar-refractivity contribution in [3.63, 3.8) is 0 Å². The summed E-state index contributed by atoms with van der Waals surface area (Å²) in [7, 11) is 3.32. The third-order valence-corrected chi connectivity index (χ3v) is 4.48. The van der Waals surface area contributed by atoms with E-state index in [-0.39, 0.29) is 11.3 Å². The summed E-state index contributed by atoms with van der Waals surface area (Å²) >= 11 is 0. The second kappa shape index (κ2) is 8.31. The van der Waals surface area contributed by atoms with E-state index in [1.807, 2.05) is 12.1 Å². The molecule has 1 aromatic carbocycles. The minimum Gasteiger partial charge on any atom is -0.497 e. The van der Waals surface area contributed by atoms with Crippen LogP contribution in [0.5, 0.6) is 5.75 Å². The molecule has 23 heavy (non-hydrogen) atoms. The summed E-state index contributed by atoms with van der Waals surface area (Å²) in [6.07, 6.45) is 1.98. The number of carbonyl (C=O) groups excluding carboxylic acids is 1. The molecule has 0 radical (unpaired) electrons. The van der Waals surface area contributed by atoms with Gasteiger partial charge in [-0.2, -0.15) is 0 Å². The zero-order chi connectivity index (χ0) is 16.7. The van der Waals surface area contributed by atoms with Gasteiger partial charge >= 0.3 is 0 Å². The summed E-state index contributed by atoms with van der Waals surface area (Å²) in [5, 5.41) is 2.99. The Balaban J connectivity index is 1.92. The lowest BCUT2D eigenvalue weighted by molar-refractivity contribution is -0.133. The van der Waals surface area contributed by atoms with Crippen LogP contribution in [0.4, 0.5) is 0 Å². The first kappa shape index (κ1) is 17.8. The fraction of sp³-hybridized carbons (Fsp3) is 0.611. The number of ether oxygens (including phenoxy) is 2. The topological polar surface area (TPSA) is 50.8 Å². The summed E-state index contributed by atoms with van der Waals surface area (Å²) in [4.78, 5) is 14.8. The van der Waals surface area contributed by atoms with Crippen LogP contribution in [0, 0.1) is 5.41 Å². The molecule has 2 rings (SSSR count). The van der Waals surface area contributed by atoms with Crippen molar-refractivity contribution in [3.05, 3.63) is 29.8 Å². The van der Waals surface area contributed by atoms with Crippen LogP contribution < -0.4 is 10.1 Å². The molecule has 1 heterocycles. The van der Waals surface area contributed by atoms with Gasteiger partial charge in [-0.05, 0) is 44.0 Å². The number of nitrogens with one attached hydrogen (secondary N) is 1. The molecule has 1 unspecified atom stereocenters. The van der Waals surface area contributed by atoms with E-state index >= 15 is 0 Å². The largest absolute Gasteiger partial charge is 0.497 e. The molecule has 1 atom stereocenters. The maximum atomic E-state index is 12.5. The molecule has 5 nitrogen and oxygen atoms in total. The zero-order valence-electron chi connectivity index (χ0n) is 14.4. The number of rotatable bonds is 7. The molecule has 128 valence electrons. The minimum atomic E-state index is -0.321. The molecular weight excluding hydrogens is 292 g/mol. The lowest BCUT2D eigenvalue weighted by Gasteiger charge is -2.39. The van der Waals surface area contributed by atoms with E-state index in [2.05, 4.69) is 29.3 Å². The van der Waals surface area contributed by atoms with E-state index in [0.29, 0.717) is 13.2 Å². The highest BCUT2D eigenvalue weighted by Gasteiger charge is 2.37. The molecule has 0 aromatic heterocycles. The fourth-order valence-electron chi connectivity index (χ4n) is 3.13. The standard InChI is InChI=1S/C18H28N2O3/c1-18(17(21)19-10-12-22-2)9-4-11-20(14-18)13-15-5-7-16(23-3)8-6-15/h5-8H,4,9-14H2,1-3H3,(H,19,21). The quantitative estimate of drug-likeness (QED) is 0.781. The Morgan fingerprint density at radius 1 is 1.30 bits per heavy atom. The van der Waals surface area contributed by atoms with E-state index < -0.39 is 0 Å². The van der Waals surface area contributed by atoms with Crippen molar-refractivity contribution < 1.29 is 14.3 Å². The molecule has 1 aliphatic heterocycles. The second-order valence-electron chi connectivity index (χ2n) is 6.47. The monoisotopic (exact) mass is 320 g/mol. The number of amides is 1. The smallest absolute Gasteiger partial charge is 0.227 e. The fourth-order valence-corrected chi connectivity index (χ4v) is 3.13. The van der Waals surface area contributed by atoms with Gasteiger partial charge in [0.2, 0.25) is 5.91 Å². The number of hydrogen-bond donors (Lipinski definition) is 1. The van der Waals surface area contributed by atoms with Crippen molar-refractivity contribution in [3.8, 4) is 5.75 Å². The van der Waals surface area contributed by atoms with Gasteiger partial charge in [0.15, 0.2) is 0 Å². The lowest BCUT2D eigenvalue weighted by atomic mass is 9.81. The first-order chi connectivity index (χ1) is 11.1. The molecule has 1 aromatic rings. The maximum Gasteiger partial charge on any atom is 0.227 e. The normalized spacial score (nSPS) is 21.9. The van der Waals surface area contributed by atoms with Gasteiger partial charge in [0.05, 0.1) is 19.1 Å². The third kappa shape index (κ3) is 4.94. The second-order valence-corrected chi connectivity index (χ2v) is 6.47. The molecular formula is C18H28N2O3. The molecule has 1 aliphatic rings. The lowest BCUT2D eigenvalue weighted by Crippen LogP contribution is -2.50. The van der Waals surface area contributed by atoms with Gasteiger partial charge in [-0.25, -0.2) is 0 Å². The third-order valence-electron chi connectivity index (χ3n) is 4.48. The Labute approximate surface area is 139 Å². The molecule has 1 N–H and O–H groups in total. The number of methoxy groups -OCH3 is 2. The number of nitrogens with zero attached hydrogens (tertiary/aromatic N) is 1.